The van der Waals surface area contributed by atoms with Gasteiger partial charge in [0.2, 0.25) is 0 Å². The average molecular weight is 310 g/mol. The van der Waals surface area contributed by atoms with E-state index in [-0.39, 0.29) is 6.09 Å². The largest absolute Gasteiger partial charge is 0.444 e. The molecule has 2 fully saturated rings. The third kappa shape index (κ3) is 5.45. The Labute approximate surface area is 136 Å². The van der Waals surface area contributed by atoms with Gasteiger partial charge in [0.25, 0.3) is 0 Å². The van der Waals surface area contributed by atoms with Gasteiger partial charge in [0.05, 0.1) is 0 Å². The number of rotatable bonds is 4. The number of nitrogens with zero attached hydrogens (tertiary/aromatic N) is 1. The lowest BCUT2D eigenvalue weighted by Crippen LogP contribution is -2.49. The molecule has 2 rings (SSSR count). The zero-order valence-corrected chi connectivity index (χ0v) is 14.9. The standard InChI is InChI=1S/C18H34N2O2/c1-14(19-15-9-5-6-10-15)13-16-11-7-8-12-20(16)17(21)22-18(2,3)4/h14-16,19H,5-13H2,1-4H3. The maximum absolute atomic E-state index is 12.4. The van der Waals surface area contributed by atoms with Crippen LogP contribution >= 0.6 is 0 Å². The summed E-state index contributed by atoms with van der Waals surface area (Å²) in [5.41, 5.74) is -0.410. The van der Waals surface area contributed by atoms with E-state index in [2.05, 4.69) is 12.2 Å². The molecule has 128 valence electrons. The smallest absolute Gasteiger partial charge is 0.410 e. The summed E-state index contributed by atoms with van der Waals surface area (Å²) in [5.74, 6) is 0. The van der Waals surface area contributed by atoms with Crippen LogP contribution in [0.25, 0.3) is 0 Å². The van der Waals surface area contributed by atoms with Crippen molar-refractivity contribution >= 4 is 6.09 Å². The third-order valence-electron chi connectivity index (χ3n) is 4.76. The minimum atomic E-state index is -0.410. The Kier molecular flexibility index (Phi) is 6.13. The van der Waals surface area contributed by atoms with E-state index in [1.807, 2.05) is 25.7 Å². The van der Waals surface area contributed by atoms with Crippen molar-refractivity contribution in [1.82, 2.24) is 10.2 Å². The lowest BCUT2D eigenvalue weighted by molar-refractivity contribution is 0.00779. The maximum Gasteiger partial charge on any atom is 0.410 e. The lowest BCUT2D eigenvalue weighted by atomic mass is 9.96. The van der Waals surface area contributed by atoms with Gasteiger partial charge in [-0.3, -0.25) is 0 Å². The zero-order chi connectivity index (χ0) is 16.2. The fourth-order valence-corrected chi connectivity index (χ4v) is 3.78. The highest BCUT2D eigenvalue weighted by Gasteiger charge is 2.31. The molecule has 22 heavy (non-hydrogen) atoms. The number of ether oxygens (including phenoxy) is 1. The summed E-state index contributed by atoms with van der Waals surface area (Å²) in [5, 5.41) is 3.76. The van der Waals surface area contributed by atoms with Crippen LogP contribution in [-0.4, -0.2) is 41.3 Å². The number of nitrogens with one attached hydrogen (secondary N) is 1. The number of carbonyl (C=O) groups is 1. The van der Waals surface area contributed by atoms with Gasteiger partial charge >= 0.3 is 6.09 Å². The second-order valence-electron chi connectivity index (χ2n) is 8.11. The molecular weight excluding hydrogens is 276 g/mol. The van der Waals surface area contributed by atoms with E-state index >= 15 is 0 Å². The number of amides is 1. The first-order chi connectivity index (χ1) is 10.3. The van der Waals surface area contributed by atoms with Crippen LogP contribution in [0, 0.1) is 0 Å². The summed E-state index contributed by atoms with van der Waals surface area (Å²) >= 11 is 0. The average Bonchev–Trinajstić information content (AvgIpc) is 2.90. The van der Waals surface area contributed by atoms with E-state index < -0.39 is 5.60 Å². The molecule has 0 spiro atoms. The molecule has 1 saturated heterocycles. The molecule has 0 aromatic carbocycles. The van der Waals surface area contributed by atoms with Crippen molar-refractivity contribution in [2.75, 3.05) is 6.54 Å². The Morgan fingerprint density at radius 3 is 2.45 bits per heavy atom. The first-order valence-electron chi connectivity index (χ1n) is 9.11. The minimum Gasteiger partial charge on any atom is -0.444 e. The van der Waals surface area contributed by atoms with E-state index in [4.69, 9.17) is 4.74 Å². The van der Waals surface area contributed by atoms with Gasteiger partial charge in [-0.25, -0.2) is 4.79 Å². The van der Waals surface area contributed by atoms with Gasteiger partial charge in [-0.15, -0.1) is 0 Å². The van der Waals surface area contributed by atoms with Gasteiger partial charge in [-0.2, -0.15) is 0 Å². The van der Waals surface area contributed by atoms with Crippen molar-refractivity contribution in [3.05, 3.63) is 0 Å². The summed E-state index contributed by atoms with van der Waals surface area (Å²) in [7, 11) is 0. The molecule has 0 radical (unpaired) electrons. The van der Waals surface area contributed by atoms with Gasteiger partial charge < -0.3 is 15.0 Å². The molecular formula is C18H34N2O2. The van der Waals surface area contributed by atoms with Crippen LogP contribution in [0.4, 0.5) is 4.79 Å². The summed E-state index contributed by atoms with van der Waals surface area (Å²) in [6, 6.07) is 1.48. The van der Waals surface area contributed by atoms with Crippen LogP contribution in [0.15, 0.2) is 0 Å². The van der Waals surface area contributed by atoms with Crippen LogP contribution in [-0.2, 0) is 4.74 Å². The molecule has 2 unspecified atom stereocenters. The van der Waals surface area contributed by atoms with E-state index in [9.17, 15) is 4.79 Å². The fraction of sp³-hybridized carbons (Fsp3) is 0.944. The van der Waals surface area contributed by atoms with Crippen molar-refractivity contribution in [3.8, 4) is 0 Å². The van der Waals surface area contributed by atoms with Crippen LogP contribution < -0.4 is 5.32 Å². The maximum atomic E-state index is 12.4. The normalized spacial score (nSPS) is 25.3. The molecule has 1 amide bonds. The van der Waals surface area contributed by atoms with Crippen molar-refractivity contribution in [2.45, 2.75) is 103 Å². The molecule has 4 heteroatoms. The van der Waals surface area contributed by atoms with Crippen LogP contribution in [0.2, 0.25) is 0 Å². The minimum absolute atomic E-state index is 0.134. The van der Waals surface area contributed by atoms with Gasteiger partial charge in [-0.1, -0.05) is 12.8 Å². The second kappa shape index (κ2) is 7.67. The van der Waals surface area contributed by atoms with Crippen molar-refractivity contribution in [2.24, 2.45) is 0 Å². The highest BCUT2D eigenvalue weighted by atomic mass is 16.6. The van der Waals surface area contributed by atoms with Crippen LogP contribution in [0.5, 0.6) is 0 Å². The molecule has 1 N–H and O–H groups in total. The third-order valence-corrected chi connectivity index (χ3v) is 4.76. The highest BCUT2D eigenvalue weighted by Crippen LogP contribution is 2.25. The molecule has 0 aromatic rings. The predicted molar refractivity (Wildman–Crippen MR) is 90.0 cm³/mol. The number of carbonyl (C=O) groups excluding carboxylic acids is 1. The van der Waals surface area contributed by atoms with E-state index in [1.54, 1.807) is 0 Å². The number of piperidine rings is 1. The molecule has 0 aromatic heterocycles. The summed E-state index contributed by atoms with van der Waals surface area (Å²) in [4.78, 5) is 14.4. The van der Waals surface area contributed by atoms with Gasteiger partial charge in [0, 0.05) is 24.7 Å². The molecule has 1 heterocycles. The highest BCUT2D eigenvalue weighted by molar-refractivity contribution is 5.68. The molecule has 1 aliphatic carbocycles. The lowest BCUT2D eigenvalue weighted by Gasteiger charge is -2.38. The Hall–Kier alpha value is -0.770. The molecule has 2 atom stereocenters. The zero-order valence-electron chi connectivity index (χ0n) is 14.9. The Morgan fingerprint density at radius 1 is 1.18 bits per heavy atom. The Bertz CT molecular complexity index is 359. The van der Waals surface area contributed by atoms with E-state index in [0.717, 1.165) is 25.8 Å². The van der Waals surface area contributed by atoms with E-state index in [0.29, 0.717) is 18.1 Å². The van der Waals surface area contributed by atoms with Crippen LogP contribution in [0.3, 0.4) is 0 Å². The molecule has 4 nitrogen and oxygen atoms in total. The van der Waals surface area contributed by atoms with Crippen LogP contribution in [0.1, 0.15) is 79.1 Å². The second-order valence-corrected chi connectivity index (χ2v) is 8.11. The fourth-order valence-electron chi connectivity index (χ4n) is 3.78. The molecule has 0 bridgehead atoms. The molecule has 1 saturated carbocycles. The van der Waals surface area contributed by atoms with Gasteiger partial charge in [-0.05, 0) is 66.2 Å². The van der Waals surface area contributed by atoms with Gasteiger partial charge in [0.15, 0.2) is 0 Å². The van der Waals surface area contributed by atoms with Crippen molar-refractivity contribution in [1.29, 1.82) is 0 Å². The number of likely N-dealkylation sites (tertiary alicyclic amines) is 1. The first kappa shape index (κ1) is 17.6. The first-order valence-corrected chi connectivity index (χ1v) is 9.11. The molecule has 1 aliphatic heterocycles. The quantitative estimate of drug-likeness (QED) is 0.850. The predicted octanol–water partition coefficient (Wildman–Crippen LogP) is 4.09. The molecule has 2 aliphatic rings. The van der Waals surface area contributed by atoms with E-state index in [1.165, 1.54) is 32.1 Å². The van der Waals surface area contributed by atoms with Crippen molar-refractivity contribution in [3.63, 3.8) is 0 Å². The Balaban J connectivity index is 1.86. The number of hydrogen-bond acceptors (Lipinski definition) is 3. The van der Waals surface area contributed by atoms with Gasteiger partial charge in [0.1, 0.15) is 5.60 Å². The summed E-state index contributed by atoms with van der Waals surface area (Å²) < 4.78 is 5.59. The summed E-state index contributed by atoms with van der Waals surface area (Å²) in [6.45, 7) is 8.92. The monoisotopic (exact) mass is 310 g/mol. The van der Waals surface area contributed by atoms with Crippen molar-refractivity contribution < 1.29 is 9.53 Å². The number of hydrogen-bond donors (Lipinski definition) is 1. The SMILES string of the molecule is CC(CC1CCCCN1C(=O)OC(C)(C)C)NC1CCCC1. The summed E-state index contributed by atoms with van der Waals surface area (Å²) in [6.07, 6.45) is 9.67. The topological polar surface area (TPSA) is 41.6 Å². The Morgan fingerprint density at radius 2 is 1.82 bits per heavy atom.